The van der Waals surface area contributed by atoms with Gasteiger partial charge in [-0.25, -0.2) is 4.79 Å². The Hall–Kier alpha value is -1.99. The lowest BCUT2D eigenvalue weighted by Crippen LogP contribution is -2.57. The van der Waals surface area contributed by atoms with E-state index in [4.69, 9.17) is 9.47 Å². The highest BCUT2D eigenvalue weighted by Crippen LogP contribution is 2.38. The molecular weight excluding hydrogens is 352 g/mol. The maximum absolute atomic E-state index is 12.5. The van der Waals surface area contributed by atoms with E-state index in [1.807, 2.05) is 20.8 Å². The van der Waals surface area contributed by atoms with Gasteiger partial charge in [0.15, 0.2) is 17.5 Å². The number of allylic oxidation sites excluding steroid dienone is 1. The molecule has 2 N–H and O–H groups in total. The average molecular weight is 380 g/mol. The van der Waals surface area contributed by atoms with Crippen molar-refractivity contribution >= 4 is 17.7 Å². The Morgan fingerprint density at radius 2 is 2.07 bits per heavy atom. The predicted octanol–water partition coefficient (Wildman–Crippen LogP) is 1.32. The second kappa shape index (κ2) is 7.94. The molecule has 0 amide bonds. The molecule has 0 radical (unpaired) electrons. The molecule has 0 saturated carbocycles. The lowest BCUT2D eigenvalue weighted by molar-refractivity contribution is -0.187. The smallest absolute Gasteiger partial charge is 0.334 e. The van der Waals surface area contributed by atoms with Gasteiger partial charge >= 0.3 is 11.9 Å². The number of ether oxygens (including phenoxy) is 2. The highest BCUT2D eigenvalue weighted by atomic mass is 16.6. The second-order valence-corrected chi connectivity index (χ2v) is 8.08. The molecule has 6 atom stereocenters. The monoisotopic (exact) mass is 380 g/mol. The molecule has 0 aromatic heterocycles. The summed E-state index contributed by atoms with van der Waals surface area (Å²) < 4.78 is 10.7. The molecule has 0 spiro atoms. The molecule has 6 unspecified atom stereocenters. The van der Waals surface area contributed by atoms with Crippen LogP contribution in [0, 0.1) is 17.8 Å². The van der Waals surface area contributed by atoms with Crippen molar-refractivity contribution < 1.29 is 34.1 Å². The van der Waals surface area contributed by atoms with E-state index in [2.05, 4.69) is 6.58 Å². The summed E-state index contributed by atoms with van der Waals surface area (Å²) in [5, 5.41) is 21.8. The van der Waals surface area contributed by atoms with Crippen LogP contribution in [-0.4, -0.2) is 51.8 Å². The fourth-order valence-corrected chi connectivity index (χ4v) is 3.50. The molecule has 2 rings (SSSR count). The van der Waals surface area contributed by atoms with Crippen molar-refractivity contribution in [2.45, 2.75) is 64.4 Å². The summed E-state index contributed by atoms with van der Waals surface area (Å²) in [6.45, 7) is 10.4. The molecule has 0 aromatic rings. The maximum atomic E-state index is 12.5. The van der Waals surface area contributed by atoms with Crippen LogP contribution in [0.5, 0.6) is 0 Å². The third-order valence-corrected chi connectivity index (χ3v) is 5.07. The Morgan fingerprint density at radius 3 is 2.67 bits per heavy atom. The van der Waals surface area contributed by atoms with Gasteiger partial charge in [-0.3, -0.25) is 9.59 Å². The molecule has 0 aromatic carbocycles. The molecule has 1 aliphatic carbocycles. The molecule has 7 nitrogen and oxygen atoms in total. The minimum Gasteiger partial charge on any atom is -0.458 e. The van der Waals surface area contributed by atoms with E-state index in [0.717, 1.165) is 0 Å². The summed E-state index contributed by atoms with van der Waals surface area (Å²) in [6, 6.07) is 0. The van der Waals surface area contributed by atoms with Gasteiger partial charge in [-0.15, -0.1) is 0 Å². The first kappa shape index (κ1) is 21.3. The number of fused-ring (bicyclic) bond motifs is 1. The fourth-order valence-electron chi connectivity index (χ4n) is 3.50. The van der Waals surface area contributed by atoms with Crippen LogP contribution in [0.1, 0.15) is 40.5 Å². The van der Waals surface area contributed by atoms with Crippen LogP contribution in [0.25, 0.3) is 0 Å². The number of ketones is 1. The predicted molar refractivity (Wildman–Crippen MR) is 96.4 cm³/mol. The zero-order chi connectivity index (χ0) is 20.5. The number of hydrogen-bond donors (Lipinski definition) is 2. The van der Waals surface area contributed by atoms with Crippen LogP contribution < -0.4 is 0 Å². The van der Waals surface area contributed by atoms with Gasteiger partial charge in [-0.1, -0.05) is 33.4 Å². The summed E-state index contributed by atoms with van der Waals surface area (Å²) in [5.41, 5.74) is -2.13. The van der Waals surface area contributed by atoms with E-state index in [9.17, 15) is 24.6 Å². The van der Waals surface area contributed by atoms with Gasteiger partial charge in [0.1, 0.15) is 12.2 Å². The summed E-state index contributed by atoms with van der Waals surface area (Å²) in [6.07, 6.45) is -0.526. The number of esters is 2. The summed E-state index contributed by atoms with van der Waals surface area (Å²) >= 11 is 0. The van der Waals surface area contributed by atoms with Crippen molar-refractivity contribution in [3.63, 3.8) is 0 Å². The highest BCUT2D eigenvalue weighted by molar-refractivity contribution is 5.97. The average Bonchev–Trinajstić information content (AvgIpc) is 2.82. The molecule has 2 aliphatic rings. The van der Waals surface area contributed by atoms with Gasteiger partial charge in [0, 0.05) is 12.0 Å². The highest BCUT2D eigenvalue weighted by Gasteiger charge is 2.53. The van der Waals surface area contributed by atoms with E-state index in [0.29, 0.717) is 6.42 Å². The van der Waals surface area contributed by atoms with E-state index in [1.165, 1.54) is 13.0 Å². The van der Waals surface area contributed by atoms with Gasteiger partial charge in [-0.2, -0.15) is 0 Å². The van der Waals surface area contributed by atoms with Crippen molar-refractivity contribution in [3.8, 4) is 0 Å². The molecule has 150 valence electrons. The summed E-state index contributed by atoms with van der Waals surface area (Å²) in [7, 11) is 0. The minimum absolute atomic E-state index is 0.00493. The third-order valence-electron chi connectivity index (χ3n) is 5.07. The van der Waals surface area contributed by atoms with Crippen molar-refractivity contribution in [2.75, 3.05) is 0 Å². The molecule has 0 bridgehead atoms. The van der Waals surface area contributed by atoms with Crippen LogP contribution in [0.2, 0.25) is 0 Å². The zero-order valence-electron chi connectivity index (χ0n) is 16.2. The van der Waals surface area contributed by atoms with Crippen molar-refractivity contribution in [1.29, 1.82) is 0 Å². The van der Waals surface area contributed by atoms with Crippen LogP contribution in [0.4, 0.5) is 0 Å². The lowest BCUT2D eigenvalue weighted by Gasteiger charge is -2.37. The van der Waals surface area contributed by atoms with Gasteiger partial charge in [-0.05, 0) is 31.3 Å². The Bertz CT molecular complexity index is 661. The quantitative estimate of drug-likeness (QED) is 0.561. The van der Waals surface area contributed by atoms with Crippen LogP contribution in [-0.2, 0) is 23.9 Å². The van der Waals surface area contributed by atoms with Crippen molar-refractivity contribution in [2.24, 2.45) is 17.8 Å². The lowest BCUT2D eigenvalue weighted by atomic mass is 9.77. The summed E-state index contributed by atoms with van der Waals surface area (Å²) in [5.74, 6) is -3.01. The second-order valence-electron chi connectivity index (χ2n) is 8.08. The molecule has 1 heterocycles. The van der Waals surface area contributed by atoms with Gasteiger partial charge in [0.25, 0.3) is 0 Å². The van der Waals surface area contributed by atoms with Crippen LogP contribution in [0.15, 0.2) is 24.3 Å². The maximum Gasteiger partial charge on any atom is 0.334 e. The Labute approximate surface area is 159 Å². The SMILES string of the molecule is C=C1C(=O)OC2CC(C)C=CC(=O)C(C)(O)C(OC(=O)CC(C)C)C(O)C12. The Balaban J connectivity index is 2.46. The van der Waals surface area contributed by atoms with Crippen molar-refractivity contribution in [1.82, 2.24) is 0 Å². The van der Waals surface area contributed by atoms with E-state index < -0.39 is 47.6 Å². The minimum atomic E-state index is -2.17. The number of carbonyl (C=O) groups excluding carboxylic acids is 3. The molecule has 1 aliphatic heterocycles. The number of hydrogen-bond acceptors (Lipinski definition) is 7. The molecule has 1 fully saturated rings. The number of aliphatic hydroxyl groups is 2. The standard InChI is InChI=1S/C20H28O7/c1-10(2)8-15(22)27-18-17(23)16-12(4)19(24)26-13(16)9-11(3)6-7-14(21)20(18,5)25/h6-7,10-11,13,16-18,23,25H,4,8-9H2,1-3,5H3. The Morgan fingerprint density at radius 1 is 1.44 bits per heavy atom. The largest absolute Gasteiger partial charge is 0.458 e. The van der Waals surface area contributed by atoms with Crippen LogP contribution >= 0.6 is 0 Å². The molecule has 1 saturated heterocycles. The zero-order valence-corrected chi connectivity index (χ0v) is 16.2. The number of carbonyl (C=O) groups is 3. The Kier molecular flexibility index (Phi) is 6.27. The first-order chi connectivity index (χ1) is 12.4. The normalized spacial score (nSPS) is 37.1. The van der Waals surface area contributed by atoms with Gasteiger partial charge in [0.05, 0.1) is 5.92 Å². The van der Waals surface area contributed by atoms with Gasteiger partial charge < -0.3 is 19.7 Å². The van der Waals surface area contributed by atoms with E-state index >= 15 is 0 Å². The first-order valence-electron chi connectivity index (χ1n) is 9.17. The summed E-state index contributed by atoms with van der Waals surface area (Å²) in [4.78, 5) is 36.7. The van der Waals surface area contributed by atoms with Crippen molar-refractivity contribution in [3.05, 3.63) is 24.3 Å². The molecule has 7 heteroatoms. The van der Waals surface area contributed by atoms with E-state index in [-0.39, 0.29) is 23.8 Å². The first-order valence-corrected chi connectivity index (χ1v) is 9.17. The molecule has 27 heavy (non-hydrogen) atoms. The van der Waals surface area contributed by atoms with E-state index in [1.54, 1.807) is 6.08 Å². The number of aliphatic hydroxyl groups excluding tert-OH is 1. The third kappa shape index (κ3) is 4.47. The molecular formula is C20H28O7. The fraction of sp³-hybridized carbons (Fsp3) is 0.650. The van der Waals surface area contributed by atoms with Gasteiger partial charge in [0.2, 0.25) is 0 Å². The topological polar surface area (TPSA) is 110 Å². The van der Waals surface area contributed by atoms with Crippen LogP contribution in [0.3, 0.4) is 0 Å². The number of rotatable bonds is 3.